The Morgan fingerprint density at radius 1 is 1.38 bits per heavy atom. The third kappa shape index (κ3) is 3.65. The zero-order chi connectivity index (χ0) is 12.2. The SMILES string of the molecule is N#CC(Cl)CNS(=O)(=O)c1ccc(Cl)cc1. The Morgan fingerprint density at radius 2 is 1.94 bits per heavy atom. The zero-order valence-corrected chi connectivity index (χ0v) is 10.4. The van der Waals surface area contributed by atoms with Gasteiger partial charge in [0.25, 0.3) is 0 Å². The Labute approximate surface area is 104 Å². The van der Waals surface area contributed by atoms with E-state index in [4.69, 9.17) is 28.5 Å². The van der Waals surface area contributed by atoms with Crippen LogP contribution in [0.25, 0.3) is 0 Å². The first kappa shape index (κ1) is 13.3. The summed E-state index contributed by atoms with van der Waals surface area (Å²) in [7, 11) is -3.63. The second-order valence-corrected chi connectivity index (χ2v) is 5.63. The van der Waals surface area contributed by atoms with Gasteiger partial charge < -0.3 is 0 Å². The average molecular weight is 279 g/mol. The molecule has 0 amide bonds. The molecule has 16 heavy (non-hydrogen) atoms. The topological polar surface area (TPSA) is 70.0 Å². The highest BCUT2D eigenvalue weighted by atomic mass is 35.5. The summed E-state index contributed by atoms with van der Waals surface area (Å²) in [5, 5.41) is 7.97. The molecule has 0 bridgehead atoms. The molecule has 1 unspecified atom stereocenters. The minimum Gasteiger partial charge on any atom is -0.209 e. The summed E-state index contributed by atoms with van der Waals surface area (Å²) in [6.45, 7) is -0.136. The van der Waals surface area contributed by atoms with Crippen molar-refractivity contribution < 1.29 is 8.42 Å². The summed E-state index contributed by atoms with van der Waals surface area (Å²) in [4.78, 5) is 0.0821. The van der Waals surface area contributed by atoms with Crippen LogP contribution >= 0.6 is 23.2 Å². The van der Waals surface area contributed by atoms with E-state index in [0.29, 0.717) is 5.02 Å². The van der Waals surface area contributed by atoms with E-state index in [1.54, 1.807) is 6.07 Å². The van der Waals surface area contributed by atoms with E-state index in [9.17, 15) is 8.42 Å². The van der Waals surface area contributed by atoms with Crippen LogP contribution in [-0.4, -0.2) is 20.3 Å². The summed E-state index contributed by atoms with van der Waals surface area (Å²) >= 11 is 11.1. The first-order chi connectivity index (χ1) is 7.45. The van der Waals surface area contributed by atoms with Gasteiger partial charge in [-0.3, -0.25) is 0 Å². The Morgan fingerprint density at radius 3 is 2.44 bits per heavy atom. The van der Waals surface area contributed by atoms with E-state index < -0.39 is 15.4 Å². The fourth-order valence-electron chi connectivity index (χ4n) is 0.926. The fraction of sp³-hybridized carbons (Fsp3) is 0.222. The molecule has 0 spiro atoms. The van der Waals surface area contributed by atoms with Gasteiger partial charge >= 0.3 is 0 Å². The maximum absolute atomic E-state index is 11.6. The number of rotatable bonds is 4. The van der Waals surface area contributed by atoms with E-state index in [-0.39, 0.29) is 11.4 Å². The van der Waals surface area contributed by atoms with Gasteiger partial charge in [-0.05, 0) is 24.3 Å². The highest BCUT2D eigenvalue weighted by Gasteiger charge is 2.15. The third-order valence-corrected chi connectivity index (χ3v) is 3.66. The van der Waals surface area contributed by atoms with Gasteiger partial charge in [0.15, 0.2) is 0 Å². The van der Waals surface area contributed by atoms with Crippen LogP contribution in [-0.2, 0) is 10.0 Å². The fourth-order valence-corrected chi connectivity index (χ4v) is 2.27. The normalized spacial score (nSPS) is 13.1. The first-order valence-corrected chi connectivity index (χ1v) is 6.54. The smallest absolute Gasteiger partial charge is 0.209 e. The van der Waals surface area contributed by atoms with Crippen molar-refractivity contribution in [2.24, 2.45) is 0 Å². The van der Waals surface area contributed by atoms with Gasteiger partial charge in [-0.25, -0.2) is 13.1 Å². The second-order valence-electron chi connectivity index (χ2n) is 2.90. The largest absolute Gasteiger partial charge is 0.240 e. The molecule has 0 aliphatic carbocycles. The molecule has 4 nitrogen and oxygen atoms in total. The molecule has 0 saturated heterocycles. The van der Waals surface area contributed by atoms with E-state index in [2.05, 4.69) is 4.72 Å². The van der Waals surface area contributed by atoms with Gasteiger partial charge in [0.1, 0.15) is 5.38 Å². The summed E-state index contributed by atoms with van der Waals surface area (Å²) < 4.78 is 25.5. The third-order valence-electron chi connectivity index (χ3n) is 1.72. The van der Waals surface area contributed by atoms with Gasteiger partial charge in [-0.15, -0.1) is 11.6 Å². The molecule has 0 saturated carbocycles. The second kappa shape index (κ2) is 5.51. The Kier molecular flexibility index (Phi) is 4.56. The molecular formula is C9H8Cl2N2O2S. The predicted octanol–water partition coefficient (Wildman–Crippen LogP) is 1.75. The average Bonchev–Trinajstić information content (AvgIpc) is 2.26. The van der Waals surface area contributed by atoms with Crippen LogP contribution in [0.1, 0.15) is 0 Å². The van der Waals surface area contributed by atoms with E-state index in [1.165, 1.54) is 24.3 Å². The van der Waals surface area contributed by atoms with Crippen LogP contribution in [0.5, 0.6) is 0 Å². The van der Waals surface area contributed by atoms with Crippen LogP contribution in [0.3, 0.4) is 0 Å². The number of halogens is 2. The molecule has 0 heterocycles. The van der Waals surface area contributed by atoms with Crippen molar-refractivity contribution in [1.82, 2.24) is 4.72 Å². The van der Waals surface area contributed by atoms with Crippen molar-refractivity contribution in [3.63, 3.8) is 0 Å². The molecule has 1 aromatic rings. The lowest BCUT2D eigenvalue weighted by molar-refractivity contribution is 0.582. The Balaban J connectivity index is 2.79. The maximum atomic E-state index is 11.6. The molecule has 1 atom stereocenters. The van der Waals surface area contributed by atoms with Crippen molar-refractivity contribution in [3.05, 3.63) is 29.3 Å². The minimum atomic E-state index is -3.63. The van der Waals surface area contributed by atoms with Gasteiger partial charge in [-0.2, -0.15) is 5.26 Å². The molecule has 0 fully saturated rings. The molecule has 0 radical (unpaired) electrons. The molecule has 0 aliphatic rings. The number of benzene rings is 1. The number of nitrogens with zero attached hydrogens (tertiary/aromatic N) is 1. The van der Waals surface area contributed by atoms with E-state index >= 15 is 0 Å². The molecule has 86 valence electrons. The molecule has 7 heteroatoms. The quantitative estimate of drug-likeness (QED) is 0.853. The van der Waals surface area contributed by atoms with Crippen LogP contribution in [0.4, 0.5) is 0 Å². The monoisotopic (exact) mass is 278 g/mol. The molecule has 0 aliphatic heterocycles. The van der Waals surface area contributed by atoms with E-state index in [1.807, 2.05) is 0 Å². The van der Waals surface area contributed by atoms with Gasteiger partial charge in [-0.1, -0.05) is 11.6 Å². The summed E-state index contributed by atoms with van der Waals surface area (Å²) in [5.41, 5.74) is 0. The van der Waals surface area contributed by atoms with Crippen molar-refractivity contribution in [3.8, 4) is 6.07 Å². The Hall–Kier alpha value is -0.800. The first-order valence-electron chi connectivity index (χ1n) is 4.24. The summed E-state index contributed by atoms with van der Waals surface area (Å²) in [6, 6.07) is 7.41. The maximum Gasteiger partial charge on any atom is 0.240 e. The van der Waals surface area contributed by atoms with Crippen LogP contribution in [0.15, 0.2) is 29.2 Å². The minimum absolute atomic E-state index is 0.0821. The number of nitrogens with one attached hydrogen (secondary N) is 1. The van der Waals surface area contributed by atoms with Gasteiger partial charge in [0, 0.05) is 11.6 Å². The lowest BCUT2D eigenvalue weighted by atomic mass is 10.4. The molecule has 1 aromatic carbocycles. The van der Waals surface area contributed by atoms with Crippen molar-refractivity contribution in [2.45, 2.75) is 10.3 Å². The highest BCUT2D eigenvalue weighted by Crippen LogP contribution is 2.13. The standard InChI is InChI=1S/C9H8Cl2N2O2S/c10-7-1-3-9(4-2-7)16(14,15)13-6-8(11)5-12/h1-4,8,13H,6H2. The van der Waals surface area contributed by atoms with Crippen LogP contribution in [0, 0.1) is 11.3 Å². The lowest BCUT2D eigenvalue weighted by Crippen LogP contribution is -2.29. The van der Waals surface area contributed by atoms with Crippen LogP contribution < -0.4 is 4.72 Å². The predicted molar refractivity (Wildman–Crippen MR) is 61.9 cm³/mol. The highest BCUT2D eigenvalue weighted by molar-refractivity contribution is 7.89. The number of sulfonamides is 1. The molecule has 0 aromatic heterocycles. The van der Waals surface area contributed by atoms with Crippen molar-refractivity contribution >= 4 is 33.2 Å². The Bertz CT molecular complexity index is 493. The zero-order valence-electron chi connectivity index (χ0n) is 8.02. The van der Waals surface area contributed by atoms with Crippen molar-refractivity contribution in [2.75, 3.05) is 6.54 Å². The molecule has 1 N–H and O–H groups in total. The number of nitriles is 1. The molecule has 1 rings (SSSR count). The van der Waals surface area contributed by atoms with Gasteiger partial charge in [0.2, 0.25) is 10.0 Å². The number of hydrogen-bond acceptors (Lipinski definition) is 3. The number of alkyl halides is 1. The van der Waals surface area contributed by atoms with E-state index in [0.717, 1.165) is 0 Å². The van der Waals surface area contributed by atoms with Crippen LogP contribution in [0.2, 0.25) is 5.02 Å². The summed E-state index contributed by atoms with van der Waals surface area (Å²) in [5.74, 6) is 0. The van der Waals surface area contributed by atoms with Gasteiger partial charge in [0.05, 0.1) is 11.0 Å². The summed E-state index contributed by atoms with van der Waals surface area (Å²) in [6.07, 6.45) is 0. The lowest BCUT2D eigenvalue weighted by Gasteiger charge is -2.06. The van der Waals surface area contributed by atoms with Crippen molar-refractivity contribution in [1.29, 1.82) is 5.26 Å². The number of hydrogen-bond donors (Lipinski definition) is 1. The molecular weight excluding hydrogens is 271 g/mol.